The quantitative estimate of drug-likeness (QED) is 0.423. The fraction of sp³-hybridized carbons (Fsp3) is 0.688. The standard InChI is InChI=1S/C16H28N4S.HI/c1-13(2)19-16(17-3)18-10-14-6-4-8-20(11-14)12-15-7-5-9-21-15;/h5,7,9,13-14H,4,6,8,10-12H2,1-3H3,(H2,17,18,19);1H. The number of aliphatic imine (C=N–C) groups is 1. The van der Waals surface area contributed by atoms with Gasteiger partial charge in [-0.3, -0.25) is 9.89 Å². The molecule has 1 aromatic rings. The molecule has 1 aliphatic rings. The maximum atomic E-state index is 4.27. The Kier molecular flexibility index (Phi) is 9.35. The van der Waals surface area contributed by atoms with Gasteiger partial charge in [-0.2, -0.15) is 0 Å². The van der Waals surface area contributed by atoms with Crippen molar-refractivity contribution in [3.05, 3.63) is 22.4 Å². The van der Waals surface area contributed by atoms with Crippen LogP contribution in [0.25, 0.3) is 0 Å². The zero-order chi connectivity index (χ0) is 15.1. The Morgan fingerprint density at radius 1 is 1.50 bits per heavy atom. The van der Waals surface area contributed by atoms with Gasteiger partial charge >= 0.3 is 0 Å². The Labute approximate surface area is 155 Å². The maximum absolute atomic E-state index is 4.27. The SMILES string of the molecule is CN=C(NCC1CCCN(Cc2cccs2)C1)NC(C)C.I. The third-order valence-corrected chi connectivity index (χ3v) is 4.63. The number of rotatable bonds is 5. The molecular formula is C16H29IN4S. The molecule has 0 aromatic carbocycles. The molecule has 6 heteroatoms. The molecule has 1 atom stereocenters. The molecule has 1 unspecified atom stereocenters. The number of nitrogens with one attached hydrogen (secondary N) is 2. The molecule has 2 N–H and O–H groups in total. The number of thiophene rings is 1. The second kappa shape index (κ2) is 10.4. The van der Waals surface area contributed by atoms with Crippen molar-refractivity contribution in [2.75, 3.05) is 26.7 Å². The first kappa shape index (κ1) is 19.7. The minimum atomic E-state index is 0. The summed E-state index contributed by atoms with van der Waals surface area (Å²) in [6.45, 7) is 8.80. The first-order chi connectivity index (χ1) is 10.2. The van der Waals surface area contributed by atoms with E-state index in [0.29, 0.717) is 12.0 Å². The summed E-state index contributed by atoms with van der Waals surface area (Å²) in [4.78, 5) is 8.33. The molecule has 0 saturated carbocycles. The van der Waals surface area contributed by atoms with Crippen molar-refractivity contribution in [1.29, 1.82) is 0 Å². The molecule has 0 amide bonds. The summed E-state index contributed by atoms with van der Waals surface area (Å²) in [6.07, 6.45) is 2.61. The zero-order valence-electron chi connectivity index (χ0n) is 13.8. The van der Waals surface area contributed by atoms with Crippen molar-refractivity contribution < 1.29 is 0 Å². The van der Waals surface area contributed by atoms with E-state index in [-0.39, 0.29) is 24.0 Å². The van der Waals surface area contributed by atoms with Crippen LogP contribution in [0.5, 0.6) is 0 Å². The first-order valence-corrected chi connectivity index (χ1v) is 8.77. The van der Waals surface area contributed by atoms with E-state index in [1.807, 2.05) is 18.4 Å². The van der Waals surface area contributed by atoms with Gasteiger partial charge in [0.25, 0.3) is 0 Å². The summed E-state index contributed by atoms with van der Waals surface area (Å²) in [5.41, 5.74) is 0. The molecule has 1 aliphatic heterocycles. The van der Waals surface area contributed by atoms with E-state index >= 15 is 0 Å². The van der Waals surface area contributed by atoms with Gasteiger partial charge in [0.05, 0.1) is 0 Å². The van der Waals surface area contributed by atoms with Crippen LogP contribution in [-0.2, 0) is 6.54 Å². The molecule has 0 bridgehead atoms. The average molecular weight is 436 g/mol. The molecule has 4 nitrogen and oxygen atoms in total. The summed E-state index contributed by atoms with van der Waals surface area (Å²) >= 11 is 1.86. The number of piperidine rings is 1. The highest BCUT2D eigenvalue weighted by Gasteiger charge is 2.20. The number of guanidine groups is 1. The van der Waals surface area contributed by atoms with Crippen molar-refractivity contribution in [3.63, 3.8) is 0 Å². The van der Waals surface area contributed by atoms with Crippen LogP contribution in [0.3, 0.4) is 0 Å². The third kappa shape index (κ3) is 6.83. The molecular weight excluding hydrogens is 407 g/mol. The van der Waals surface area contributed by atoms with Crippen LogP contribution in [0.2, 0.25) is 0 Å². The Hall–Kier alpha value is -0.340. The van der Waals surface area contributed by atoms with Crippen molar-refractivity contribution in [2.24, 2.45) is 10.9 Å². The molecule has 1 fully saturated rings. The van der Waals surface area contributed by atoms with Gasteiger partial charge in [0, 0.05) is 37.6 Å². The van der Waals surface area contributed by atoms with Crippen LogP contribution < -0.4 is 10.6 Å². The third-order valence-electron chi connectivity index (χ3n) is 3.77. The van der Waals surface area contributed by atoms with Crippen LogP contribution in [0.4, 0.5) is 0 Å². The Balaban J connectivity index is 0.00000242. The van der Waals surface area contributed by atoms with Gasteiger partial charge in [-0.15, -0.1) is 35.3 Å². The minimum Gasteiger partial charge on any atom is -0.356 e. The predicted octanol–water partition coefficient (Wildman–Crippen LogP) is 3.15. The van der Waals surface area contributed by atoms with Gasteiger partial charge in [-0.1, -0.05) is 6.07 Å². The van der Waals surface area contributed by atoms with Crippen LogP contribution in [0.15, 0.2) is 22.5 Å². The summed E-state index contributed by atoms with van der Waals surface area (Å²) in [7, 11) is 1.83. The number of hydrogen-bond acceptors (Lipinski definition) is 3. The number of halogens is 1. The van der Waals surface area contributed by atoms with E-state index in [1.165, 1.54) is 30.8 Å². The molecule has 22 heavy (non-hydrogen) atoms. The molecule has 0 aliphatic carbocycles. The fourth-order valence-corrected chi connectivity index (χ4v) is 3.54. The number of nitrogens with zero attached hydrogens (tertiary/aromatic N) is 2. The van der Waals surface area contributed by atoms with Crippen LogP contribution in [-0.4, -0.2) is 43.6 Å². The van der Waals surface area contributed by atoms with Crippen LogP contribution >= 0.6 is 35.3 Å². The maximum Gasteiger partial charge on any atom is 0.191 e. The molecule has 1 aromatic heterocycles. The summed E-state index contributed by atoms with van der Waals surface area (Å²) in [5, 5.41) is 8.97. The lowest BCUT2D eigenvalue weighted by molar-refractivity contribution is 0.169. The molecule has 1 saturated heterocycles. The van der Waals surface area contributed by atoms with Crippen molar-refractivity contribution in [1.82, 2.24) is 15.5 Å². The lowest BCUT2D eigenvalue weighted by atomic mass is 9.98. The summed E-state index contributed by atoms with van der Waals surface area (Å²) < 4.78 is 0. The first-order valence-electron chi connectivity index (χ1n) is 7.89. The van der Waals surface area contributed by atoms with E-state index in [0.717, 1.165) is 19.0 Å². The highest BCUT2D eigenvalue weighted by molar-refractivity contribution is 14.0. The van der Waals surface area contributed by atoms with E-state index in [1.54, 1.807) is 0 Å². The largest absolute Gasteiger partial charge is 0.356 e. The fourth-order valence-electron chi connectivity index (χ4n) is 2.79. The van der Waals surface area contributed by atoms with E-state index in [2.05, 4.69) is 51.9 Å². The molecule has 2 heterocycles. The van der Waals surface area contributed by atoms with Crippen molar-refractivity contribution in [3.8, 4) is 0 Å². The van der Waals surface area contributed by atoms with Crippen LogP contribution in [0, 0.1) is 5.92 Å². The molecule has 2 rings (SSSR count). The van der Waals surface area contributed by atoms with Gasteiger partial charge in [-0.05, 0) is 50.6 Å². The zero-order valence-corrected chi connectivity index (χ0v) is 17.0. The van der Waals surface area contributed by atoms with Crippen molar-refractivity contribution in [2.45, 2.75) is 39.3 Å². The summed E-state index contributed by atoms with van der Waals surface area (Å²) in [6, 6.07) is 4.80. The second-order valence-corrected chi connectivity index (χ2v) is 7.11. The molecule has 0 spiro atoms. The minimum absolute atomic E-state index is 0. The second-order valence-electron chi connectivity index (χ2n) is 6.07. The predicted molar refractivity (Wildman–Crippen MR) is 107 cm³/mol. The highest BCUT2D eigenvalue weighted by atomic mass is 127. The van der Waals surface area contributed by atoms with Crippen molar-refractivity contribution >= 4 is 41.3 Å². The van der Waals surface area contributed by atoms with Gasteiger partial charge in [0.1, 0.15) is 0 Å². The lowest BCUT2D eigenvalue weighted by Gasteiger charge is -2.32. The van der Waals surface area contributed by atoms with E-state index in [4.69, 9.17) is 0 Å². The van der Waals surface area contributed by atoms with E-state index < -0.39 is 0 Å². The summed E-state index contributed by atoms with van der Waals surface area (Å²) in [5.74, 6) is 1.63. The van der Waals surface area contributed by atoms with Gasteiger partial charge in [0.2, 0.25) is 0 Å². The Morgan fingerprint density at radius 3 is 2.95 bits per heavy atom. The van der Waals surface area contributed by atoms with Crippen LogP contribution in [0.1, 0.15) is 31.6 Å². The smallest absolute Gasteiger partial charge is 0.191 e. The normalized spacial score (nSPS) is 19.8. The van der Waals surface area contributed by atoms with Gasteiger partial charge in [-0.25, -0.2) is 0 Å². The molecule has 126 valence electrons. The number of hydrogen-bond donors (Lipinski definition) is 2. The topological polar surface area (TPSA) is 39.7 Å². The molecule has 0 radical (unpaired) electrons. The highest BCUT2D eigenvalue weighted by Crippen LogP contribution is 2.19. The average Bonchev–Trinajstić information content (AvgIpc) is 2.96. The van der Waals surface area contributed by atoms with Gasteiger partial charge < -0.3 is 10.6 Å². The van der Waals surface area contributed by atoms with E-state index in [9.17, 15) is 0 Å². The lowest BCUT2D eigenvalue weighted by Crippen LogP contribution is -2.45. The van der Waals surface area contributed by atoms with Gasteiger partial charge in [0.15, 0.2) is 5.96 Å². The monoisotopic (exact) mass is 436 g/mol. The number of likely N-dealkylation sites (tertiary alicyclic amines) is 1. The Bertz CT molecular complexity index is 433. The Morgan fingerprint density at radius 2 is 2.32 bits per heavy atom.